The molecule has 1 atom stereocenters. The molecule has 0 aromatic carbocycles. The monoisotopic (exact) mass is 318 g/mol. The molecule has 0 aromatic rings. The average Bonchev–Trinajstić information content (AvgIpc) is 3.04. The van der Waals surface area contributed by atoms with Crippen molar-refractivity contribution in [2.75, 3.05) is 33.4 Å². The Morgan fingerprint density at radius 3 is 2.43 bits per heavy atom. The second kappa shape index (κ2) is 5.77. The lowest BCUT2D eigenvalue weighted by atomic mass is 9.90. The highest BCUT2D eigenvalue weighted by Crippen LogP contribution is 2.46. The van der Waals surface area contributed by atoms with E-state index in [0.717, 1.165) is 38.5 Å². The zero-order valence-corrected chi connectivity index (χ0v) is 13.5. The van der Waals surface area contributed by atoms with Crippen LogP contribution in [0.5, 0.6) is 0 Å². The third-order valence-corrected chi connectivity index (χ3v) is 7.37. The average molecular weight is 318 g/mol. The Morgan fingerprint density at radius 2 is 1.86 bits per heavy atom. The van der Waals surface area contributed by atoms with Crippen LogP contribution in [0.25, 0.3) is 0 Å². The van der Waals surface area contributed by atoms with Crippen LogP contribution in [-0.2, 0) is 14.9 Å². The van der Waals surface area contributed by atoms with Crippen LogP contribution in [0.15, 0.2) is 0 Å². The molecule has 6 nitrogen and oxygen atoms in total. The summed E-state index contributed by atoms with van der Waals surface area (Å²) in [6.07, 6.45) is 5.10. The number of hydrogen-bond acceptors (Lipinski definition) is 4. The summed E-state index contributed by atoms with van der Waals surface area (Å²) in [6.45, 7) is 2.13. The van der Waals surface area contributed by atoms with E-state index in [-0.39, 0.29) is 12.0 Å². The summed E-state index contributed by atoms with van der Waals surface area (Å²) in [4.78, 5) is 0. The Balaban J connectivity index is 1.63. The molecular weight excluding hydrogens is 292 g/mol. The first-order chi connectivity index (χ1) is 9.97. The van der Waals surface area contributed by atoms with Crippen LogP contribution >= 0.6 is 0 Å². The highest BCUT2D eigenvalue weighted by atomic mass is 32.2. The minimum Gasteiger partial charge on any atom is -0.390 e. The molecule has 122 valence electrons. The maximum absolute atomic E-state index is 12.8. The molecule has 0 amide bonds. The molecule has 2 aliphatic heterocycles. The molecule has 1 unspecified atom stereocenters. The fraction of sp³-hybridized carbons (Fsp3) is 1.00. The van der Waals surface area contributed by atoms with Crippen LogP contribution in [-0.4, -0.2) is 67.1 Å². The number of hydrogen-bond donors (Lipinski definition) is 1. The molecule has 2 heterocycles. The zero-order chi connectivity index (χ0) is 15.1. The van der Waals surface area contributed by atoms with Crippen molar-refractivity contribution in [2.45, 2.75) is 50.2 Å². The van der Waals surface area contributed by atoms with E-state index < -0.39 is 15.8 Å². The van der Waals surface area contributed by atoms with E-state index in [1.807, 2.05) is 0 Å². The lowest BCUT2D eigenvalue weighted by molar-refractivity contribution is 0.0520. The van der Waals surface area contributed by atoms with Crippen LogP contribution < -0.4 is 0 Å². The quantitative estimate of drug-likeness (QED) is 0.805. The Bertz CT molecular complexity index is 469. The number of ether oxygens (including phenoxy) is 1. The molecule has 3 fully saturated rings. The molecule has 0 bridgehead atoms. The van der Waals surface area contributed by atoms with Gasteiger partial charge < -0.3 is 9.84 Å². The molecule has 2 saturated heterocycles. The molecule has 3 aliphatic rings. The molecule has 1 saturated carbocycles. The third kappa shape index (κ3) is 2.99. The molecule has 21 heavy (non-hydrogen) atoms. The summed E-state index contributed by atoms with van der Waals surface area (Å²) < 4.78 is 33.9. The van der Waals surface area contributed by atoms with Gasteiger partial charge in [0.2, 0.25) is 0 Å². The van der Waals surface area contributed by atoms with Gasteiger partial charge in [-0.15, -0.1) is 0 Å². The fourth-order valence-electron chi connectivity index (χ4n) is 3.78. The summed E-state index contributed by atoms with van der Waals surface area (Å²) in [5, 5.41) is 10.2. The molecule has 0 spiro atoms. The smallest absolute Gasteiger partial charge is 0.282 e. The molecular formula is C14H26N2O4S. The van der Waals surface area contributed by atoms with Crippen LogP contribution in [0.3, 0.4) is 0 Å². The minimum absolute atomic E-state index is 0.0228. The second-order valence-corrected chi connectivity index (χ2v) is 8.53. The first-order valence-electron chi connectivity index (χ1n) is 7.95. The predicted molar refractivity (Wildman–Crippen MR) is 79.0 cm³/mol. The van der Waals surface area contributed by atoms with E-state index in [1.165, 1.54) is 0 Å². The predicted octanol–water partition coefficient (Wildman–Crippen LogP) is 0.579. The van der Waals surface area contributed by atoms with Crippen LogP contribution in [0, 0.1) is 5.92 Å². The topological polar surface area (TPSA) is 70.1 Å². The highest BCUT2D eigenvalue weighted by molar-refractivity contribution is 7.86. The van der Waals surface area contributed by atoms with Crippen molar-refractivity contribution in [3.05, 3.63) is 0 Å². The van der Waals surface area contributed by atoms with Gasteiger partial charge in [0.15, 0.2) is 0 Å². The number of piperidine rings is 1. The van der Waals surface area contributed by atoms with Gasteiger partial charge in [0.1, 0.15) is 0 Å². The standard InChI is InChI=1S/C14H26N2O4S/c1-20-11-13-3-2-8-16(13)21(18,19)15-9-4-12(5-10-15)14(17)6-7-14/h12-13,17H,2-11H2,1H3. The molecule has 7 heteroatoms. The van der Waals surface area contributed by atoms with Gasteiger partial charge in [-0.3, -0.25) is 0 Å². The number of aliphatic hydroxyl groups is 1. The summed E-state index contributed by atoms with van der Waals surface area (Å²) >= 11 is 0. The first kappa shape index (κ1) is 15.7. The molecule has 0 aromatic heterocycles. The molecule has 0 radical (unpaired) electrons. The van der Waals surface area contributed by atoms with Gasteiger partial charge in [-0.2, -0.15) is 17.0 Å². The van der Waals surface area contributed by atoms with Crippen LogP contribution in [0.4, 0.5) is 0 Å². The van der Waals surface area contributed by atoms with E-state index in [9.17, 15) is 13.5 Å². The number of rotatable bonds is 5. The van der Waals surface area contributed by atoms with Crippen LogP contribution in [0.1, 0.15) is 38.5 Å². The Kier molecular flexibility index (Phi) is 4.31. The zero-order valence-electron chi connectivity index (χ0n) is 12.7. The maximum atomic E-state index is 12.8. The van der Waals surface area contributed by atoms with Crippen LogP contribution in [0.2, 0.25) is 0 Å². The Hall–Kier alpha value is -0.210. The fourth-order valence-corrected chi connectivity index (χ4v) is 5.65. The van der Waals surface area contributed by atoms with Gasteiger partial charge in [-0.05, 0) is 44.4 Å². The van der Waals surface area contributed by atoms with E-state index in [2.05, 4.69) is 0 Å². The van der Waals surface area contributed by atoms with Gasteiger partial charge in [-0.25, -0.2) is 0 Å². The lowest BCUT2D eigenvalue weighted by Crippen LogP contribution is -2.50. The van der Waals surface area contributed by atoms with Gasteiger partial charge in [0.25, 0.3) is 10.2 Å². The Morgan fingerprint density at radius 1 is 1.19 bits per heavy atom. The minimum atomic E-state index is -3.38. The largest absolute Gasteiger partial charge is 0.390 e. The maximum Gasteiger partial charge on any atom is 0.282 e. The first-order valence-corrected chi connectivity index (χ1v) is 9.35. The van der Waals surface area contributed by atoms with Gasteiger partial charge in [-0.1, -0.05) is 0 Å². The SMILES string of the molecule is COCC1CCCN1S(=O)(=O)N1CCC(C2(O)CC2)CC1. The second-order valence-electron chi connectivity index (χ2n) is 6.65. The van der Waals surface area contributed by atoms with Crippen molar-refractivity contribution < 1.29 is 18.3 Å². The Labute approximate surface area is 127 Å². The van der Waals surface area contributed by atoms with Crippen molar-refractivity contribution >= 4 is 10.2 Å². The van der Waals surface area contributed by atoms with E-state index in [0.29, 0.717) is 26.2 Å². The molecule has 3 rings (SSSR count). The van der Waals surface area contributed by atoms with E-state index >= 15 is 0 Å². The normalized spacial score (nSPS) is 31.6. The number of nitrogens with zero attached hydrogens (tertiary/aromatic N) is 2. The summed E-state index contributed by atoms with van der Waals surface area (Å²) in [5.41, 5.74) is -0.484. The van der Waals surface area contributed by atoms with Crippen molar-refractivity contribution in [3.63, 3.8) is 0 Å². The van der Waals surface area contributed by atoms with Gasteiger partial charge in [0, 0.05) is 32.8 Å². The van der Waals surface area contributed by atoms with E-state index in [4.69, 9.17) is 4.74 Å². The van der Waals surface area contributed by atoms with Gasteiger partial charge >= 0.3 is 0 Å². The summed E-state index contributed by atoms with van der Waals surface area (Å²) in [5.74, 6) is 0.275. The lowest BCUT2D eigenvalue weighted by Gasteiger charge is -2.36. The third-order valence-electron chi connectivity index (χ3n) is 5.28. The van der Waals surface area contributed by atoms with Crippen molar-refractivity contribution in [1.29, 1.82) is 0 Å². The molecule has 1 aliphatic carbocycles. The van der Waals surface area contributed by atoms with Crippen molar-refractivity contribution in [3.8, 4) is 0 Å². The van der Waals surface area contributed by atoms with Crippen molar-refractivity contribution in [2.24, 2.45) is 5.92 Å². The summed E-state index contributed by atoms with van der Waals surface area (Å²) in [7, 11) is -1.76. The van der Waals surface area contributed by atoms with Crippen molar-refractivity contribution in [1.82, 2.24) is 8.61 Å². The molecule has 1 N–H and O–H groups in total. The summed E-state index contributed by atoms with van der Waals surface area (Å²) in [6, 6.07) is -0.0228. The number of methoxy groups -OCH3 is 1. The highest BCUT2D eigenvalue weighted by Gasteiger charge is 2.49. The van der Waals surface area contributed by atoms with Gasteiger partial charge in [0.05, 0.1) is 12.2 Å². The van der Waals surface area contributed by atoms with E-state index in [1.54, 1.807) is 15.7 Å².